The Morgan fingerprint density at radius 2 is 1.68 bits per heavy atom. The van der Waals surface area contributed by atoms with Crippen LogP contribution in [-0.2, 0) is 23.1 Å². The minimum Gasteiger partial charge on any atom is -0.489 e. The lowest BCUT2D eigenvalue weighted by atomic mass is 9.85. The molecule has 10 nitrogen and oxygen atoms in total. The Balaban J connectivity index is 1.66. The Hall–Kier alpha value is -4.32. The third kappa shape index (κ3) is 9.15. The molecule has 3 amide bonds. The average molecular weight is 653 g/mol. The van der Waals surface area contributed by atoms with E-state index >= 15 is 0 Å². The normalized spacial score (nSPS) is 17.7. The zero-order valence-electron chi connectivity index (χ0n) is 28.2. The molecule has 2 heterocycles. The second kappa shape index (κ2) is 15.1. The molecule has 1 aliphatic heterocycles. The van der Waals surface area contributed by atoms with Gasteiger partial charge in [0, 0.05) is 32.3 Å². The van der Waals surface area contributed by atoms with Gasteiger partial charge in [-0.3, -0.25) is 19.1 Å². The Morgan fingerprint density at radius 3 is 2.23 bits per heavy atom. The molecule has 3 aromatic rings. The third-order valence-corrected chi connectivity index (χ3v) is 8.64. The van der Waals surface area contributed by atoms with Gasteiger partial charge in [-0.25, -0.2) is 8.78 Å². The fourth-order valence-electron chi connectivity index (χ4n) is 5.59. The van der Waals surface area contributed by atoms with Crippen molar-refractivity contribution in [1.29, 1.82) is 0 Å². The van der Waals surface area contributed by atoms with Crippen LogP contribution in [-0.4, -0.2) is 88.2 Å². The summed E-state index contributed by atoms with van der Waals surface area (Å²) in [4.78, 5) is 44.7. The zero-order chi connectivity index (χ0) is 34.5. The van der Waals surface area contributed by atoms with Gasteiger partial charge in [0.25, 0.3) is 5.91 Å². The van der Waals surface area contributed by atoms with E-state index in [1.165, 1.54) is 36.4 Å². The molecule has 1 unspecified atom stereocenters. The summed E-state index contributed by atoms with van der Waals surface area (Å²) in [5, 5.41) is 10.3. The number of aryl methyl sites for hydroxylation is 2. The van der Waals surface area contributed by atoms with E-state index in [2.05, 4.69) is 15.7 Å². The number of likely N-dealkylation sites (N-methyl/N-ethyl adjacent to an activating group) is 1. The fraction of sp³-hybridized carbons (Fsp3) is 0.486. The number of ether oxygens (including phenoxy) is 1. The van der Waals surface area contributed by atoms with Crippen molar-refractivity contribution >= 4 is 17.7 Å². The van der Waals surface area contributed by atoms with Gasteiger partial charge < -0.3 is 25.2 Å². The van der Waals surface area contributed by atoms with Gasteiger partial charge in [0.05, 0.1) is 18.6 Å². The molecular weight excluding hydrogens is 606 g/mol. The summed E-state index contributed by atoms with van der Waals surface area (Å²) in [5.74, 6) is -1.17. The zero-order valence-corrected chi connectivity index (χ0v) is 28.2. The van der Waals surface area contributed by atoms with E-state index in [-0.39, 0.29) is 42.3 Å². The molecule has 1 saturated heterocycles. The molecule has 1 aliphatic rings. The molecule has 2 aromatic carbocycles. The van der Waals surface area contributed by atoms with Crippen LogP contribution in [0.15, 0.2) is 54.6 Å². The van der Waals surface area contributed by atoms with E-state index in [0.29, 0.717) is 25.1 Å². The highest BCUT2D eigenvalue weighted by atomic mass is 19.1. The van der Waals surface area contributed by atoms with Crippen molar-refractivity contribution in [2.24, 2.45) is 12.5 Å². The number of nitrogens with zero attached hydrogens (tertiary/aromatic N) is 4. The summed E-state index contributed by atoms with van der Waals surface area (Å²) < 4.78 is 35.1. The number of hydrogen-bond acceptors (Lipinski definition) is 6. The van der Waals surface area contributed by atoms with E-state index in [1.54, 1.807) is 53.7 Å². The van der Waals surface area contributed by atoms with Crippen molar-refractivity contribution in [3.63, 3.8) is 0 Å². The second-order valence-corrected chi connectivity index (χ2v) is 13.3. The Labute approximate surface area is 275 Å². The molecular formula is C35H46F2N6O4. The van der Waals surface area contributed by atoms with Crippen LogP contribution in [0.2, 0.25) is 0 Å². The topological polar surface area (TPSA) is 109 Å². The average Bonchev–Trinajstić information content (AvgIpc) is 3.59. The molecule has 2 N–H and O–H groups in total. The molecule has 1 aromatic heterocycles. The number of carbonyl (C=O) groups is 3. The molecule has 0 radical (unpaired) electrons. The Morgan fingerprint density at radius 1 is 1.06 bits per heavy atom. The van der Waals surface area contributed by atoms with Crippen LogP contribution in [0.1, 0.15) is 55.9 Å². The van der Waals surface area contributed by atoms with Gasteiger partial charge in [0.15, 0.2) is 5.69 Å². The number of carbonyl (C=O) groups excluding carboxylic acids is 3. The van der Waals surface area contributed by atoms with Crippen molar-refractivity contribution in [3.8, 4) is 5.75 Å². The Kier molecular flexibility index (Phi) is 11.4. The summed E-state index contributed by atoms with van der Waals surface area (Å²) in [6, 6.07) is 11.7. The van der Waals surface area contributed by atoms with E-state index in [9.17, 15) is 23.2 Å². The monoisotopic (exact) mass is 652 g/mol. The summed E-state index contributed by atoms with van der Waals surface area (Å²) in [6.45, 7) is 9.90. The predicted molar refractivity (Wildman–Crippen MR) is 175 cm³/mol. The number of likely N-dealkylation sites (tertiary alicyclic amines) is 1. The maximum absolute atomic E-state index is 14.4. The lowest BCUT2D eigenvalue weighted by molar-refractivity contribution is -0.141. The number of hydrogen-bond donors (Lipinski definition) is 2. The van der Waals surface area contributed by atoms with Crippen LogP contribution in [0.3, 0.4) is 0 Å². The summed E-state index contributed by atoms with van der Waals surface area (Å²) >= 11 is 0. The van der Waals surface area contributed by atoms with Gasteiger partial charge in [-0.05, 0) is 80.8 Å². The minimum atomic E-state index is -0.861. The van der Waals surface area contributed by atoms with Crippen molar-refractivity contribution < 1.29 is 27.9 Å². The van der Waals surface area contributed by atoms with E-state index < -0.39 is 35.5 Å². The Bertz CT molecular complexity index is 1520. The lowest BCUT2D eigenvalue weighted by Crippen LogP contribution is -2.59. The molecule has 0 spiro atoms. The molecule has 254 valence electrons. The molecule has 0 saturated carbocycles. The van der Waals surface area contributed by atoms with Gasteiger partial charge >= 0.3 is 0 Å². The summed E-state index contributed by atoms with van der Waals surface area (Å²) in [6.07, 6.45) is 0.395. The minimum absolute atomic E-state index is 0.169. The van der Waals surface area contributed by atoms with Crippen LogP contribution >= 0.6 is 0 Å². The number of nitrogens with one attached hydrogen (secondary N) is 2. The van der Waals surface area contributed by atoms with Crippen LogP contribution < -0.4 is 15.4 Å². The van der Waals surface area contributed by atoms with Gasteiger partial charge in [-0.1, -0.05) is 32.9 Å². The molecule has 47 heavy (non-hydrogen) atoms. The van der Waals surface area contributed by atoms with Crippen LogP contribution in [0, 0.1) is 24.0 Å². The van der Waals surface area contributed by atoms with E-state index in [4.69, 9.17) is 4.74 Å². The molecule has 0 bridgehead atoms. The first kappa shape index (κ1) is 35.5. The van der Waals surface area contributed by atoms with Gasteiger partial charge in [-0.2, -0.15) is 5.10 Å². The van der Waals surface area contributed by atoms with Crippen molar-refractivity contribution in [1.82, 2.24) is 30.2 Å². The largest absolute Gasteiger partial charge is 0.489 e. The lowest BCUT2D eigenvalue weighted by Gasteiger charge is -2.37. The maximum Gasteiger partial charge on any atom is 0.274 e. The van der Waals surface area contributed by atoms with Crippen LogP contribution in [0.4, 0.5) is 8.78 Å². The molecule has 4 atom stereocenters. The number of rotatable bonds is 12. The smallest absolute Gasteiger partial charge is 0.274 e. The van der Waals surface area contributed by atoms with E-state index in [1.807, 2.05) is 27.7 Å². The molecule has 0 aliphatic carbocycles. The highest BCUT2D eigenvalue weighted by molar-refractivity contribution is 5.93. The first-order valence-electron chi connectivity index (χ1n) is 15.9. The number of amides is 3. The van der Waals surface area contributed by atoms with Gasteiger partial charge in [0.2, 0.25) is 11.8 Å². The number of halogens is 2. The highest BCUT2D eigenvalue weighted by Crippen LogP contribution is 2.29. The molecule has 12 heteroatoms. The van der Waals surface area contributed by atoms with Crippen molar-refractivity contribution in [2.75, 3.05) is 26.7 Å². The third-order valence-electron chi connectivity index (χ3n) is 8.64. The summed E-state index contributed by atoms with van der Waals surface area (Å²) in [7, 11) is 3.44. The molecule has 4 rings (SSSR count). The predicted octanol–water partition coefficient (Wildman–Crippen LogP) is 3.88. The maximum atomic E-state index is 14.4. The molecule has 1 fully saturated rings. The SMILES string of the molecule is CN[C@@H](C)C(=O)N[C@H](C(=O)N1CC(Oc2ccc(F)cc2)C[C@H]1CN(CCc1ccc(F)cc1)C(=O)c1cc(C)n(C)n1)C(C)(C)C. The van der Waals surface area contributed by atoms with Crippen molar-refractivity contribution in [3.05, 3.63) is 83.2 Å². The van der Waals surface area contributed by atoms with Crippen LogP contribution in [0.5, 0.6) is 5.75 Å². The van der Waals surface area contributed by atoms with E-state index in [0.717, 1.165) is 11.3 Å². The highest BCUT2D eigenvalue weighted by Gasteiger charge is 2.44. The number of aromatic nitrogens is 2. The fourth-order valence-corrected chi connectivity index (χ4v) is 5.59. The quantitative estimate of drug-likeness (QED) is 0.308. The van der Waals surface area contributed by atoms with Crippen LogP contribution in [0.25, 0.3) is 0 Å². The van der Waals surface area contributed by atoms with Gasteiger partial charge in [0.1, 0.15) is 29.5 Å². The van der Waals surface area contributed by atoms with Crippen molar-refractivity contribution in [2.45, 2.75) is 71.7 Å². The standard InChI is InChI=1S/C35H46F2N6O4/c1-22-18-30(40-41(22)7)33(45)42(17-16-24-8-10-25(36)11-9-24)20-27-19-29(47-28-14-12-26(37)13-15-28)21-43(27)34(46)31(35(3,4)5)39-32(44)23(2)38-6/h8-15,18,23,27,29,31,38H,16-17,19-21H2,1-7H3,(H,39,44)/t23-,27-,29?,31+/m0/s1. The summed E-state index contributed by atoms with van der Waals surface area (Å²) in [5.41, 5.74) is 1.31. The van der Waals surface area contributed by atoms with Gasteiger partial charge in [-0.15, -0.1) is 0 Å². The first-order chi connectivity index (χ1) is 22.2. The first-order valence-corrected chi connectivity index (χ1v) is 15.9. The second-order valence-electron chi connectivity index (χ2n) is 13.3. The number of benzene rings is 2.